The summed E-state index contributed by atoms with van der Waals surface area (Å²) in [4.78, 5) is 2.53. The first-order valence-corrected chi connectivity index (χ1v) is 16.7. The molecule has 0 saturated heterocycles. The summed E-state index contributed by atoms with van der Waals surface area (Å²) in [6.45, 7) is 6.90. The molecule has 42 heavy (non-hydrogen) atoms. The number of hydrogen-bond donors (Lipinski definition) is 2. The molecule has 8 nitrogen and oxygen atoms in total. The van der Waals surface area contributed by atoms with E-state index < -0.39 is 9.84 Å². The van der Waals surface area contributed by atoms with Gasteiger partial charge in [0, 0.05) is 34.5 Å². The van der Waals surface area contributed by atoms with Crippen LogP contribution in [-0.2, 0) is 16.4 Å². The maximum Gasteiger partial charge on any atom is 0.175 e. The molecule has 4 rings (SSSR count). The lowest BCUT2D eigenvalue weighted by atomic mass is 9.80. The zero-order valence-electron chi connectivity index (χ0n) is 24.8. The van der Waals surface area contributed by atoms with Crippen LogP contribution < -0.4 is 15.4 Å². The summed E-state index contributed by atoms with van der Waals surface area (Å²) in [7, 11) is 2.48. The summed E-state index contributed by atoms with van der Waals surface area (Å²) in [6, 6.07) is 15.1. The van der Waals surface area contributed by atoms with E-state index in [1.54, 1.807) is 12.1 Å². The zero-order chi connectivity index (χ0) is 30.7. The van der Waals surface area contributed by atoms with Gasteiger partial charge in [0.05, 0.1) is 51.6 Å². The van der Waals surface area contributed by atoms with Crippen molar-refractivity contribution in [2.75, 3.05) is 44.6 Å². The third-order valence-corrected chi connectivity index (χ3v) is 10.7. The zero-order valence-corrected chi connectivity index (χ0v) is 27.8. The van der Waals surface area contributed by atoms with E-state index in [0.29, 0.717) is 30.1 Å². The fraction of sp³-hybridized carbons (Fsp3) is 0.406. The molecule has 2 aromatic carbocycles. The molecule has 0 amide bonds. The highest BCUT2D eigenvalue weighted by Crippen LogP contribution is 2.44. The summed E-state index contributed by atoms with van der Waals surface area (Å²) in [5.41, 5.74) is 4.12. The van der Waals surface area contributed by atoms with Crippen LogP contribution in [0.3, 0.4) is 0 Å². The van der Waals surface area contributed by atoms with Gasteiger partial charge in [0.25, 0.3) is 0 Å². The summed E-state index contributed by atoms with van der Waals surface area (Å²) in [5.74, 6) is 6.87. The largest absolute Gasteiger partial charge is 0.495 e. The fourth-order valence-corrected chi connectivity index (χ4v) is 6.68. The number of hydrogen-bond acceptors (Lipinski definition) is 7. The Hall–Kier alpha value is -3.19. The smallest absolute Gasteiger partial charge is 0.175 e. The van der Waals surface area contributed by atoms with Crippen molar-refractivity contribution >= 4 is 54.7 Å². The second kappa shape index (κ2) is 12.6. The van der Waals surface area contributed by atoms with E-state index in [-0.39, 0.29) is 14.0 Å². The molecule has 0 unspecified atom stereocenters. The van der Waals surface area contributed by atoms with Crippen LogP contribution in [0.25, 0.3) is 10.9 Å². The number of aromatic nitrogens is 1. The number of fused-ring (bicyclic) bond motifs is 1. The van der Waals surface area contributed by atoms with E-state index in [0.717, 1.165) is 54.2 Å². The number of ether oxygens (including phenoxy) is 1. The van der Waals surface area contributed by atoms with E-state index in [9.17, 15) is 13.7 Å². The van der Waals surface area contributed by atoms with Crippen molar-refractivity contribution in [2.45, 2.75) is 53.1 Å². The number of nitrogens with one attached hydrogen (secondary N) is 2. The second-order valence-electron chi connectivity index (χ2n) is 11.3. The first-order valence-electron chi connectivity index (χ1n) is 13.7. The highest BCUT2D eigenvalue weighted by Gasteiger charge is 2.40. The molecule has 10 heteroatoms. The Bertz CT molecular complexity index is 1700. The molecule has 1 aliphatic carbocycles. The van der Waals surface area contributed by atoms with Crippen LogP contribution in [0.1, 0.15) is 38.3 Å². The Labute approximate surface area is 263 Å². The van der Waals surface area contributed by atoms with Crippen molar-refractivity contribution in [3.63, 3.8) is 0 Å². The third kappa shape index (κ3) is 7.05. The molecule has 1 aliphatic rings. The van der Waals surface area contributed by atoms with Crippen molar-refractivity contribution in [2.24, 2.45) is 0 Å². The summed E-state index contributed by atoms with van der Waals surface area (Å²) in [6.07, 6.45) is 5.49. The number of alkyl halides is 1. The number of rotatable bonds is 9. The van der Waals surface area contributed by atoms with Gasteiger partial charge in [-0.1, -0.05) is 41.2 Å². The summed E-state index contributed by atoms with van der Waals surface area (Å²) in [5, 5.41) is 17.6. The Morgan fingerprint density at radius 2 is 1.88 bits per heavy atom. The monoisotopic (exact) mass is 699 g/mol. The van der Waals surface area contributed by atoms with E-state index >= 15 is 0 Å². The predicted octanol–water partition coefficient (Wildman–Crippen LogP) is 6.03. The average molecular weight is 700 g/mol. The van der Waals surface area contributed by atoms with Gasteiger partial charge < -0.3 is 24.8 Å². The minimum Gasteiger partial charge on any atom is -0.495 e. The first-order chi connectivity index (χ1) is 19.8. The highest BCUT2D eigenvalue weighted by atomic mass is 127. The van der Waals surface area contributed by atoms with Crippen molar-refractivity contribution in [3.05, 3.63) is 60.3 Å². The van der Waals surface area contributed by atoms with Crippen molar-refractivity contribution < 1.29 is 13.2 Å². The summed E-state index contributed by atoms with van der Waals surface area (Å²) >= 11 is 2.58. The number of benzene rings is 2. The SMILES string of the molecule is C=C(C#N)Cn1c(C#CCNc2ccc(S(C)(=O)=O)cc2OC)cc2c(NC3(I)CCC(C)(N(C)C)CC3)cccc21. The van der Waals surface area contributed by atoms with Crippen LogP contribution in [0.5, 0.6) is 5.75 Å². The van der Waals surface area contributed by atoms with Crippen molar-refractivity contribution in [1.29, 1.82) is 5.26 Å². The maximum atomic E-state index is 11.9. The van der Waals surface area contributed by atoms with Gasteiger partial charge in [-0.05, 0) is 83.0 Å². The standard InChI is InChI=1S/C32H38IN5O3S/c1-23(21-34)22-38-24(9-8-18-35-28-13-12-25(42(6,39)40)20-30(28)41-5)19-26-27(10-7-11-29(26)38)36-32(33)16-14-31(2,15-17-32)37(3)4/h7,10-13,19-20,35-36H,1,14-18,22H2,2-6H3. The van der Waals surface area contributed by atoms with Crippen LogP contribution in [0, 0.1) is 23.2 Å². The lowest BCUT2D eigenvalue weighted by molar-refractivity contribution is 0.113. The van der Waals surface area contributed by atoms with Crippen LogP contribution >= 0.6 is 22.6 Å². The van der Waals surface area contributed by atoms with E-state index in [1.165, 1.54) is 13.2 Å². The maximum absolute atomic E-state index is 11.9. The Kier molecular flexibility index (Phi) is 9.51. The van der Waals surface area contributed by atoms with Crippen LogP contribution in [-0.4, -0.2) is 61.0 Å². The second-order valence-corrected chi connectivity index (χ2v) is 15.4. The number of anilines is 2. The van der Waals surface area contributed by atoms with Crippen LogP contribution in [0.2, 0.25) is 0 Å². The van der Waals surface area contributed by atoms with E-state index in [2.05, 4.69) is 95.8 Å². The average Bonchev–Trinajstić information content (AvgIpc) is 3.30. The first kappa shape index (κ1) is 31.7. The minimum atomic E-state index is -3.35. The number of halogens is 1. The number of allylic oxidation sites excluding steroid dienone is 1. The topological polar surface area (TPSA) is 99.4 Å². The van der Waals surface area contributed by atoms with Gasteiger partial charge in [0.15, 0.2) is 9.84 Å². The van der Waals surface area contributed by atoms with Crippen LogP contribution in [0.15, 0.2) is 59.5 Å². The Morgan fingerprint density at radius 1 is 1.17 bits per heavy atom. The molecule has 3 aromatic rings. The predicted molar refractivity (Wildman–Crippen MR) is 179 cm³/mol. The molecule has 0 bridgehead atoms. The Morgan fingerprint density at radius 3 is 2.50 bits per heavy atom. The van der Waals surface area contributed by atoms with Crippen molar-refractivity contribution in [3.8, 4) is 23.7 Å². The number of methoxy groups -OCH3 is 1. The molecule has 0 radical (unpaired) electrons. The molecule has 222 valence electrons. The van der Waals surface area contributed by atoms with Crippen LogP contribution in [0.4, 0.5) is 11.4 Å². The van der Waals surface area contributed by atoms with Gasteiger partial charge in [0.2, 0.25) is 0 Å². The molecular formula is C32H38IN5O3S. The molecule has 0 atom stereocenters. The number of nitrogens with zero attached hydrogens (tertiary/aromatic N) is 3. The third-order valence-electron chi connectivity index (χ3n) is 8.20. The molecule has 1 fully saturated rings. The molecule has 0 aliphatic heterocycles. The fourth-order valence-electron chi connectivity index (χ4n) is 5.21. The number of sulfone groups is 1. The highest BCUT2D eigenvalue weighted by molar-refractivity contribution is 14.1. The molecule has 1 heterocycles. The molecular weight excluding hydrogens is 661 g/mol. The Balaban J connectivity index is 1.60. The molecule has 0 spiro atoms. The van der Waals surface area contributed by atoms with Gasteiger partial charge in [-0.25, -0.2) is 8.42 Å². The van der Waals surface area contributed by atoms with Gasteiger partial charge in [0.1, 0.15) is 5.75 Å². The molecule has 1 saturated carbocycles. The summed E-state index contributed by atoms with van der Waals surface area (Å²) < 4.78 is 31.2. The van der Waals surface area contributed by atoms with Gasteiger partial charge in [-0.15, -0.1) is 0 Å². The number of nitriles is 1. The van der Waals surface area contributed by atoms with Crippen molar-refractivity contribution in [1.82, 2.24) is 9.47 Å². The van der Waals surface area contributed by atoms with Gasteiger partial charge in [-0.2, -0.15) is 5.26 Å². The van der Waals surface area contributed by atoms with E-state index in [1.807, 2.05) is 16.7 Å². The normalized spacial score (nSPS) is 20.4. The van der Waals surface area contributed by atoms with Gasteiger partial charge >= 0.3 is 0 Å². The van der Waals surface area contributed by atoms with E-state index in [4.69, 9.17) is 4.74 Å². The molecule has 1 aromatic heterocycles. The molecule has 2 N–H and O–H groups in total. The lowest BCUT2D eigenvalue weighted by Gasteiger charge is -2.46. The lowest BCUT2D eigenvalue weighted by Crippen LogP contribution is -2.49. The quantitative estimate of drug-likeness (QED) is 0.0925. The minimum absolute atomic E-state index is 0.0542. The van der Waals surface area contributed by atoms with Gasteiger partial charge in [-0.3, -0.25) is 0 Å².